The molecule has 2 atom stereocenters. The molecule has 0 aliphatic heterocycles. The first kappa shape index (κ1) is 34.4. The fourth-order valence-electron chi connectivity index (χ4n) is 3.66. The van der Waals surface area contributed by atoms with E-state index >= 15 is 0 Å². The number of hydrogen-bond donors (Lipinski definition) is 0. The number of rotatable bonds is 21. The maximum absolute atomic E-state index is 13.1. The summed E-state index contributed by atoms with van der Waals surface area (Å²) in [6.07, 6.45) is 1.14. The van der Waals surface area contributed by atoms with Crippen LogP contribution in [-0.4, -0.2) is 72.0 Å². The van der Waals surface area contributed by atoms with Gasteiger partial charge in [0.2, 0.25) is 0 Å². The van der Waals surface area contributed by atoms with Crippen LogP contribution < -0.4 is 9.47 Å². The zero-order valence-corrected chi connectivity index (χ0v) is 26.1. The minimum Gasteiger partial charge on any atom is -0.497 e. The maximum Gasteiger partial charge on any atom is 0.485 e. The number of phosphoric acid groups is 2. The van der Waals surface area contributed by atoms with Gasteiger partial charge in [-0.05, 0) is 77.0 Å². The predicted molar refractivity (Wildman–Crippen MR) is 153 cm³/mol. The fraction of sp³-hybridized carbons (Fsp3) is 0.556. The van der Waals surface area contributed by atoms with Crippen LogP contribution in [0.2, 0.25) is 0 Å². The molecule has 0 radical (unpaired) electrons. The molecular formula is C27H43NO10P2. The highest BCUT2D eigenvalue weighted by molar-refractivity contribution is 7.62. The maximum atomic E-state index is 13.1. The third-order valence-corrected chi connectivity index (χ3v) is 9.10. The Balaban J connectivity index is 2.02. The van der Waals surface area contributed by atoms with E-state index in [1.54, 1.807) is 27.9 Å². The Kier molecular flexibility index (Phi) is 15.4. The minimum atomic E-state index is -4.32. The molecule has 0 aromatic heterocycles. The second-order valence-electron chi connectivity index (χ2n) is 8.80. The zero-order chi connectivity index (χ0) is 29.4. The lowest BCUT2D eigenvalue weighted by molar-refractivity contribution is -0.0710. The smallest absolute Gasteiger partial charge is 0.485 e. The first-order valence-electron chi connectivity index (χ1n) is 13.2. The summed E-state index contributed by atoms with van der Waals surface area (Å²) in [5, 5.41) is 0. The molecule has 0 aliphatic carbocycles. The Morgan fingerprint density at radius 3 is 2.10 bits per heavy atom. The largest absolute Gasteiger partial charge is 0.497 e. The molecule has 0 saturated heterocycles. The number of methoxy groups -OCH3 is 1. The molecule has 2 rings (SSSR count). The molecule has 1 unspecified atom stereocenters. The highest BCUT2D eigenvalue weighted by atomic mass is 31.3. The van der Waals surface area contributed by atoms with Gasteiger partial charge in [-0.15, -0.1) is 0 Å². The van der Waals surface area contributed by atoms with Crippen LogP contribution in [0.1, 0.15) is 31.9 Å². The van der Waals surface area contributed by atoms with Gasteiger partial charge in [0, 0.05) is 6.54 Å². The highest BCUT2D eigenvalue weighted by Crippen LogP contribution is 2.65. The molecule has 11 nitrogen and oxygen atoms in total. The summed E-state index contributed by atoms with van der Waals surface area (Å²) in [6.45, 7) is 5.05. The number of benzene rings is 2. The van der Waals surface area contributed by atoms with Crippen molar-refractivity contribution in [3.05, 3.63) is 59.7 Å². The number of nitrogens with zero attached hydrogens (tertiary/aromatic N) is 1. The Bertz CT molecular complexity index is 1090. The number of ether oxygens (including phenoxy) is 3. The monoisotopic (exact) mass is 603 g/mol. The molecule has 2 aromatic rings. The third kappa shape index (κ3) is 12.4. The third-order valence-electron chi connectivity index (χ3n) is 5.36. The quantitative estimate of drug-likeness (QED) is 0.121. The number of hydrogen-bond acceptors (Lipinski definition) is 11. The molecule has 0 heterocycles. The average molecular weight is 604 g/mol. The van der Waals surface area contributed by atoms with E-state index in [9.17, 15) is 9.13 Å². The van der Waals surface area contributed by atoms with Crippen LogP contribution in [0.5, 0.6) is 11.5 Å². The van der Waals surface area contributed by atoms with E-state index in [0.717, 1.165) is 29.9 Å². The van der Waals surface area contributed by atoms with Crippen molar-refractivity contribution in [1.29, 1.82) is 0 Å². The first-order valence-corrected chi connectivity index (χ1v) is 16.2. The molecule has 0 N–H and O–H groups in total. The van der Waals surface area contributed by atoms with Crippen LogP contribution in [0, 0.1) is 0 Å². The molecule has 2 aromatic carbocycles. The van der Waals surface area contributed by atoms with Gasteiger partial charge in [-0.25, -0.2) is 9.13 Å². The lowest BCUT2D eigenvalue weighted by Gasteiger charge is -2.25. The van der Waals surface area contributed by atoms with Gasteiger partial charge < -0.3 is 19.1 Å². The van der Waals surface area contributed by atoms with Gasteiger partial charge in [0.25, 0.3) is 0 Å². The van der Waals surface area contributed by atoms with Crippen molar-refractivity contribution in [2.75, 3.05) is 61.0 Å². The summed E-state index contributed by atoms with van der Waals surface area (Å²) in [5.41, 5.74) is 2.22. The van der Waals surface area contributed by atoms with Crippen molar-refractivity contribution < 1.29 is 45.7 Å². The van der Waals surface area contributed by atoms with Crippen molar-refractivity contribution in [1.82, 2.24) is 4.90 Å². The van der Waals surface area contributed by atoms with Gasteiger partial charge in [0.15, 0.2) is 6.79 Å². The molecule has 226 valence electrons. The van der Waals surface area contributed by atoms with E-state index < -0.39 is 28.5 Å². The lowest BCUT2D eigenvalue weighted by atomic mass is 10.0. The van der Waals surface area contributed by atoms with Crippen molar-refractivity contribution in [2.24, 2.45) is 0 Å². The standard InChI is InChI=1S/C27H43NO10P2/c1-7-34-39(29,35-8-2)38-40(30,36-9-3)37-22-33-26(20-28(4)5)21-32-27-16-11-10-14-24(27)18-17-23-13-12-15-25(19-23)31-6/h10-16,19,26H,7-9,17-18,20-22H2,1-6H3/t26-,40?/m1/s1. The Labute approximate surface area is 238 Å². The normalized spacial score (nSPS) is 14.2. The Morgan fingerprint density at radius 2 is 1.48 bits per heavy atom. The van der Waals surface area contributed by atoms with E-state index in [2.05, 4.69) is 6.07 Å². The van der Waals surface area contributed by atoms with Crippen molar-refractivity contribution in [3.63, 3.8) is 0 Å². The van der Waals surface area contributed by atoms with Gasteiger partial charge in [0.05, 0.1) is 26.9 Å². The molecule has 0 fully saturated rings. The molecule has 0 spiro atoms. The number of likely N-dealkylation sites (N-methyl/N-ethyl adjacent to an activating group) is 1. The summed E-state index contributed by atoms with van der Waals surface area (Å²) >= 11 is 0. The van der Waals surface area contributed by atoms with Crippen molar-refractivity contribution >= 4 is 15.6 Å². The number of para-hydroxylation sites is 1. The van der Waals surface area contributed by atoms with Gasteiger partial charge >= 0.3 is 15.6 Å². The zero-order valence-electron chi connectivity index (χ0n) is 24.3. The van der Waals surface area contributed by atoms with E-state index in [1.807, 2.05) is 61.5 Å². The molecule has 0 aliphatic rings. The summed E-state index contributed by atoms with van der Waals surface area (Å²) < 4.78 is 68.9. The summed E-state index contributed by atoms with van der Waals surface area (Å²) in [5.74, 6) is 1.57. The van der Waals surface area contributed by atoms with Gasteiger partial charge in [-0.3, -0.25) is 18.1 Å². The van der Waals surface area contributed by atoms with Crippen molar-refractivity contribution in [3.8, 4) is 11.5 Å². The van der Waals surface area contributed by atoms with E-state index in [-0.39, 0.29) is 26.4 Å². The number of aryl methyl sites for hydroxylation is 2. The van der Waals surface area contributed by atoms with Crippen LogP contribution in [0.4, 0.5) is 0 Å². The first-order chi connectivity index (χ1) is 19.2. The fourth-order valence-corrected chi connectivity index (χ4v) is 6.68. The Hall–Kier alpha value is -1.78. The van der Waals surface area contributed by atoms with E-state index in [0.29, 0.717) is 6.54 Å². The topological polar surface area (TPSA) is 111 Å². The summed E-state index contributed by atoms with van der Waals surface area (Å²) in [6, 6.07) is 15.8. The molecule has 0 amide bonds. The average Bonchev–Trinajstić information content (AvgIpc) is 2.91. The Morgan fingerprint density at radius 1 is 0.825 bits per heavy atom. The van der Waals surface area contributed by atoms with Gasteiger partial charge in [-0.1, -0.05) is 30.3 Å². The minimum absolute atomic E-state index is 0.0170. The second-order valence-corrected chi connectivity index (χ2v) is 12.3. The summed E-state index contributed by atoms with van der Waals surface area (Å²) in [4.78, 5) is 1.93. The molecule has 40 heavy (non-hydrogen) atoms. The number of phosphoric ester groups is 2. The van der Waals surface area contributed by atoms with Crippen LogP contribution in [-0.2, 0) is 49.1 Å². The molecule has 0 bridgehead atoms. The van der Waals surface area contributed by atoms with Crippen molar-refractivity contribution in [2.45, 2.75) is 39.7 Å². The van der Waals surface area contributed by atoms with Crippen LogP contribution in [0.15, 0.2) is 48.5 Å². The van der Waals surface area contributed by atoms with Gasteiger partial charge in [0.1, 0.15) is 24.2 Å². The summed E-state index contributed by atoms with van der Waals surface area (Å²) in [7, 11) is -3.03. The second kappa shape index (κ2) is 17.9. The molecule has 0 saturated carbocycles. The van der Waals surface area contributed by atoms with Crippen LogP contribution in [0.3, 0.4) is 0 Å². The van der Waals surface area contributed by atoms with Gasteiger partial charge in [-0.2, -0.15) is 4.31 Å². The SMILES string of the molecule is CCOP(=O)(OCC)OP(=O)(OCC)OCO[C@@H](COc1ccccc1CCc1cccc(OC)c1)CN(C)C. The predicted octanol–water partition coefficient (Wildman–Crippen LogP) is 6.12. The van der Waals surface area contributed by atoms with Crippen LogP contribution >= 0.6 is 15.6 Å². The van der Waals surface area contributed by atoms with Crippen LogP contribution in [0.25, 0.3) is 0 Å². The highest BCUT2D eigenvalue weighted by Gasteiger charge is 2.40. The lowest BCUT2D eigenvalue weighted by Crippen LogP contribution is -2.34. The van der Waals surface area contributed by atoms with E-state index in [4.69, 9.17) is 36.6 Å². The van der Waals surface area contributed by atoms with E-state index in [1.165, 1.54) is 5.56 Å². The molecule has 13 heteroatoms. The molecular weight excluding hydrogens is 560 g/mol.